The van der Waals surface area contributed by atoms with Crippen molar-refractivity contribution in [2.75, 3.05) is 0 Å². The summed E-state index contributed by atoms with van der Waals surface area (Å²) in [4.78, 5) is 11.5. The van der Waals surface area contributed by atoms with E-state index in [1.165, 1.54) is 0 Å². The highest BCUT2D eigenvalue weighted by Gasteiger charge is 2.25. The van der Waals surface area contributed by atoms with E-state index >= 15 is 0 Å². The Morgan fingerprint density at radius 2 is 1.93 bits per heavy atom. The molecule has 1 fully saturated rings. The molecule has 0 radical (unpaired) electrons. The number of ether oxygens (including phenoxy) is 1. The van der Waals surface area contributed by atoms with Gasteiger partial charge in [-0.15, -0.1) is 0 Å². The number of hydrogen-bond acceptors (Lipinski definition) is 3. The van der Waals surface area contributed by atoms with Crippen LogP contribution in [0.3, 0.4) is 0 Å². The average molecular weight is 214 g/mol. The van der Waals surface area contributed by atoms with E-state index in [2.05, 4.69) is 5.32 Å². The van der Waals surface area contributed by atoms with Gasteiger partial charge in [0.15, 0.2) is 0 Å². The fourth-order valence-corrected chi connectivity index (χ4v) is 1.80. The van der Waals surface area contributed by atoms with Crippen LogP contribution < -0.4 is 11.1 Å². The molecule has 2 atom stereocenters. The fourth-order valence-electron chi connectivity index (χ4n) is 1.80. The Labute approximate surface area is 91.5 Å². The average Bonchev–Trinajstić information content (AvgIpc) is 2.05. The molecule has 1 rings (SSSR count). The van der Waals surface area contributed by atoms with Gasteiger partial charge in [-0.2, -0.15) is 0 Å². The van der Waals surface area contributed by atoms with Crippen molar-refractivity contribution in [1.82, 2.24) is 5.32 Å². The third-order valence-corrected chi connectivity index (χ3v) is 2.52. The predicted octanol–water partition coefficient (Wildman–Crippen LogP) is 1.78. The van der Waals surface area contributed by atoms with Crippen molar-refractivity contribution in [2.45, 2.75) is 64.1 Å². The van der Waals surface area contributed by atoms with Gasteiger partial charge < -0.3 is 15.8 Å². The lowest BCUT2D eigenvalue weighted by molar-refractivity contribution is 0.0486. The first kappa shape index (κ1) is 12.3. The molecule has 1 amide bonds. The van der Waals surface area contributed by atoms with Crippen LogP contribution in [-0.2, 0) is 4.74 Å². The van der Waals surface area contributed by atoms with Crippen LogP contribution in [0, 0.1) is 0 Å². The van der Waals surface area contributed by atoms with Crippen molar-refractivity contribution < 1.29 is 9.53 Å². The molecule has 1 aliphatic rings. The first-order valence-electron chi connectivity index (χ1n) is 5.63. The lowest BCUT2D eigenvalue weighted by Gasteiger charge is -2.30. The summed E-state index contributed by atoms with van der Waals surface area (Å²) >= 11 is 0. The molecule has 0 aromatic heterocycles. The summed E-state index contributed by atoms with van der Waals surface area (Å²) in [6, 6.07) is 0.153. The summed E-state index contributed by atoms with van der Waals surface area (Å²) < 4.78 is 5.18. The van der Waals surface area contributed by atoms with E-state index in [1.807, 2.05) is 20.8 Å². The van der Waals surface area contributed by atoms with Crippen LogP contribution >= 0.6 is 0 Å². The maximum absolute atomic E-state index is 11.5. The van der Waals surface area contributed by atoms with Crippen molar-refractivity contribution >= 4 is 6.09 Å². The summed E-state index contributed by atoms with van der Waals surface area (Å²) in [6.07, 6.45) is 3.88. The molecule has 15 heavy (non-hydrogen) atoms. The first-order valence-corrected chi connectivity index (χ1v) is 5.63. The third kappa shape index (κ3) is 4.51. The van der Waals surface area contributed by atoms with E-state index in [1.54, 1.807) is 0 Å². The smallest absolute Gasteiger partial charge is 0.407 e. The minimum atomic E-state index is -0.442. The monoisotopic (exact) mass is 214 g/mol. The molecule has 3 N–H and O–H groups in total. The normalized spacial score (nSPS) is 27.2. The summed E-state index contributed by atoms with van der Waals surface area (Å²) in [5.41, 5.74) is 5.48. The molecular formula is C11H22N2O2. The van der Waals surface area contributed by atoms with Gasteiger partial charge in [-0.05, 0) is 33.6 Å². The zero-order valence-corrected chi connectivity index (χ0v) is 9.88. The third-order valence-electron chi connectivity index (χ3n) is 2.52. The summed E-state index contributed by atoms with van der Waals surface area (Å²) in [5, 5.41) is 2.84. The van der Waals surface area contributed by atoms with Gasteiger partial charge in [0.05, 0.1) is 0 Å². The molecule has 0 bridgehead atoms. The van der Waals surface area contributed by atoms with Gasteiger partial charge in [0.1, 0.15) is 5.60 Å². The Morgan fingerprint density at radius 3 is 2.47 bits per heavy atom. The van der Waals surface area contributed by atoms with Gasteiger partial charge >= 0.3 is 6.09 Å². The standard InChI is InChI=1S/C11H22N2O2/c1-11(2,3)15-10(14)13-9-7-5-4-6-8(9)12/h8-9H,4-7,12H2,1-3H3,(H,13,14)/t8?,9-/m1/s1. The van der Waals surface area contributed by atoms with Crippen LogP contribution in [0.5, 0.6) is 0 Å². The van der Waals surface area contributed by atoms with E-state index in [-0.39, 0.29) is 18.2 Å². The Bertz CT molecular complexity index is 223. The van der Waals surface area contributed by atoms with Gasteiger partial charge in [0, 0.05) is 12.1 Å². The van der Waals surface area contributed by atoms with Crippen molar-refractivity contribution in [3.05, 3.63) is 0 Å². The van der Waals surface area contributed by atoms with Crippen LogP contribution in [0.4, 0.5) is 4.79 Å². The van der Waals surface area contributed by atoms with Crippen LogP contribution in [0.25, 0.3) is 0 Å². The number of alkyl carbamates (subject to hydrolysis) is 1. The second-order valence-corrected chi connectivity index (χ2v) is 5.20. The number of carbonyl (C=O) groups is 1. The van der Waals surface area contributed by atoms with Gasteiger partial charge in [0.25, 0.3) is 0 Å². The first-order chi connectivity index (χ1) is 6.88. The zero-order valence-electron chi connectivity index (χ0n) is 9.88. The summed E-state index contributed by atoms with van der Waals surface area (Å²) in [7, 11) is 0. The highest BCUT2D eigenvalue weighted by Crippen LogP contribution is 2.17. The number of rotatable bonds is 1. The molecular weight excluding hydrogens is 192 g/mol. The largest absolute Gasteiger partial charge is 0.444 e. The predicted molar refractivity (Wildman–Crippen MR) is 59.6 cm³/mol. The van der Waals surface area contributed by atoms with E-state index in [0.29, 0.717) is 0 Å². The molecule has 0 heterocycles. The quantitative estimate of drug-likeness (QED) is 0.699. The lowest BCUT2D eigenvalue weighted by Crippen LogP contribution is -2.50. The number of amides is 1. The Kier molecular flexibility index (Phi) is 3.97. The molecule has 0 aromatic carbocycles. The lowest BCUT2D eigenvalue weighted by atomic mass is 9.91. The van der Waals surface area contributed by atoms with E-state index in [9.17, 15) is 4.79 Å². The van der Waals surface area contributed by atoms with Crippen molar-refractivity contribution in [2.24, 2.45) is 5.73 Å². The number of hydrogen-bond donors (Lipinski definition) is 2. The topological polar surface area (TPSA) is 64.3 Å². The highest BCUT2D eigenvalue weighted by atomic mass is 16.6. The van der Waals surface area contributed by atoms with Crippen LogP contribution in [-0.4, -0.2) is 23.8 Å². The molecule has 4 nitrogen and oxygen atoms in total. The fraction of sp³-hybridized carbons (Fsp3) is 0.909. The minimum Gasteiger partial charge on any atom is -0.444 e. The summed E-state index contributed by atoms with van der Waals surface area (Å²) in [5.74, 6) is 0. The molecule has 0 saturated heterocycles. The number of nitrogens with one attached hydrogen (secondary N) is 1. The van der Waals surface area contributed by atoms with Gasteiger partial charge in [0.2, 0.25) is 0 Å². The second kappa shape index (κ2) is 4.84. The molecule has 88 valence electrons. The SMILES string of the molecule is CC(C)(C)OC(=O)N[C@@H]1CCCCC1N. The van der Waals surface area contributed by atoms with Crippen molar-refractivity contribution in [1.29, 1.82) is 0 Å². The molecule has 1 unspecified atom stereocenters. The molecule has 4 heteroatoms. The van der Waals surface area contributed by atoms with Gasteiger partial charge in [-0.1, -0.05) is 12.8 Å². The maximum atomic E-state index is 11.5. The zero-order chi connectivity index (χ0) is 11.5. The molecule has 1 saturated carbocycles. The van der Waals surface area contributed by atoms with Crippen molar-refractivity contribution in [3.8, 4) is 0 Å². The van der Waals surface area contributed by atoms with Gasteiger partial charge in [-0.25, -0.2) is 4.79 Å². The number of nitrogens with two attached hydrogens (primary N) is 1. The van der Waals surface area contributed by atoms with Crippen LogP contribution in [0.1, 0.15) is 46.5 Å². The minimum absolute atomic E-state index is 0.0752. The Hall–Kier alpha value is -0.770. The maximum Gasteiger partial charge on any atom is 0.407 e. The summed E-state index contributed by atoms with van der Waals surface area (Å²) in [6.45, 7) is 5.56. The highest BCUT2D eigenvalue weighted by molar-refractivity contribution is 5.68. The Balaban J connectivity index is 2.36. The second-order valence-electron chi connectivity index (χ2n) is 5.20. The van der Waals surface area contributed by atoms with Crippen molar-refractivity contribution in [3.63, 3.8) is 0 Å². The molecule has 0 spiro atoms. The Morgan fingerprint density at radius 1 is 1.33 bits per heavy atom. The van der Waals surface area contributed by atoms with Crippen LogP contribution in [0.15, 0.2) is 0 Å². The molecule has 0 aromatic rings. The van der Waals surface area contributed by atoms with E-state index in [4.69, 9.17) is 10.5 Å². The number of carbonyl (C=O) groups excluding carboxylic acids is 1. The van der Waals surface area contributed by atoms with E-state index < -0.39 is 5.60 Å². The van der Waals surface area contributed by atoms with Gasteiger partial charge in [-0.3, -0.25) is 0 Å². The molecule has 0 aliphatic heterocycles. The van der Waals surface area contributed by atoms with Crippen LogP contribution in [0.2, 0.25) is 0 Å². The molecule has 1 aliphatic carbocycles. The van der Waals surface area contributed by atoms with E-state index in [0.717, 1.165) is 25.7 Å².